The van der Waals surface area contributed by atoms with E-state index in [0.29, 0.717) is 6.54 Å². The van der Waals surface area contributed by atoms with E-state index in [1.54, 1.807) is 14.0 Å². The molecule has 1 spiro atoms. The molecule has 4 aromatic rings. The van der Waals surface area contributed by atoms with Gasteiger partial charge in [0.25, 0.3) is 0 Å². The van der Waals surface area contributed by atoms with E-state index in [-0.39, 0.29) is 24.0 Å². The number of hydrogen-bond acceptors (Lipinski definition) is 6. The number of amides is 1. The summed E-state index contributed by atoms with van der Waals surface area (Å²) in [6.07, 6.45) is 1.81. The number of rotatable bonds is 5. The molecule has 8 heteroatoms. The molecule has 1 fully saturated rings. The number of benzene rings is 2. The van der Waals surface area contributed by atoms with Crippen LogP contribution in [-0.2, 0) is 16.8 Å². The molecular weight excluding hydrogens is 468 g/mol. The van der Waals surface area contributed by atoms with Crippen LogP contribution in [0.4, 0.5) is 0 Å². The maximum Gasteiger partial charge on any atom is 0.220 e. The van der Waals surface area contributed by atoms with Crippen molar-refractivity contribution in [2.75, 3.05) is 33.4 Å². The Labute approximate surface area is 215 Å². The average Bonchev–Trinajstić information content (AvgIpc) is 3.55. The SMILES string of the molecule is COc1ccc2c3c([nH]c2c1)[C@@H](CO)N(C(C)=O)CC31CCN(Cc2cc(-c3ccccc3)on2)CC1. The Bertz CT molecular complexity index is 1420. The standard InChI is InChI=1S/C29H32N4O4/c1-19(35)33-18-29(27-23-9-8-22(36-2)15-24(23)30-28(27)25(33)17-34)10-12-32(13-11-29)16-21-14-26(37-31-21)20-6-4-3-5-7-20/h3-9,14-15,25,30,34H,10-13,16-18H2,1-2H3/t25-/m1/s1. The molecule has 192 valence electrons. The number of methoxy groups -OCH3 is 1. The van der Waals surface area contributed by atoms with E-state index in [1.165, 1.54) is 5.56 Å². The Balaban J connectivity index is 1.28. The van der Waals surface area contributed by atoms with E-state index >= 15 is 0 Å². The fraction of sp³-hybridized carbons (Fsp3) is 0.379. The van der Waals surface area contributed by atoms with Crippen LogP contribution in [0.3, 0.4) is 0 Å². The van der Waals surface area contributed by atoms with Crippen LogP contribution in [0.25, 0.3) is 22.2 Å². The first-order valence-corrected chi connectivity index (χ1v) is 12.8. The lowest BCUT2D eigenvalue weighted by atomic mass is 9.68. The molecule has 0 unspecified atom stereocenters. The van der Waals surface area contributed by atoms with E-state index < -0.39 is 0 Å². The second-order valence-electron chi connectivity index (χ2n) is 10.3. The summed E-state index contributed by atoms with van der Waals surface area (Å²) in [5, 5.41) is 15.8. The highest BCUT2D eigenvalue weighted by atomic mass is 16.5. The first-order chi connectivity index (χ1) is 18.0. The third kappa shape index (κ3) is 4.10. The van der Waals surface area contributed by atoms with Gasteiger partial charge in [-0.2, -0.15) is 0 Å². The van der Waals surface area contributed by atoms with Crippen LogP contribution < -0.4 is 4.74 Å². The number of H-pyrrole nitrogens is 1. The van der Waals surface area contributed by atoms with Crippen LogP contribution in [0.15, 0.2) is 59.1 Å². The van der Waals surface area contributed by atoms with E-state index in [4.69, 9.17) is 9.26 Å². The molecule has 2 aromatic heterocycles. The fourth-order valence-electron chi connectivity index (χ4n) is 6.24. The van der Waals surface area contributed by atoms with Crippen LogP contribution in [0.5, 0.6) is 5.75 Å². The van der Waals surface area contributed by atoms with Crippen molar-refractivity contribution in [3.63, 3.8) is 0 Å². The number of likely N-dealkylation sites (tertiary alicyclic amines) is 1. The topological polar surface area (TPSA) is 94.8 Å². The van der Waals surface area contributed by atoms with Gasteiger partial charge in [0.05, 0.1) is 25.5 Å². The maximum absolute atomic E-state index is 12.7. The Morgan fingerprint density at radius 1 is 1.19 bits per heavy atom. The largest absolute Gasteiger partial charge is 0.497 e. The van der Waals surface area contributed by atoms with Crippen LogP contribution in [0.1, 0.15) is 42.8 Å². The second-order valence-corrected chi connectivity index (χ2v) is 10.3. The zero-order valence-electron chi connectivity index (χ0n) is 21.2. The van der Waals surface area contributed by atoms with E-state index in [9.17, 15) is 9.90 Å². The molecule has 37 heavy (non-hydrogen) atoms. The molecule has 0 radical (unpaired) electrons. The number of ether oxygens (including phenoxy) is 1. The monoisotopic (exact) mass is 500 g/mol. The number of aromatic amines is 1. The Morgan fingerprint density at radius 2 is 1.97 bits per heavy atom. The Kier molecular flexibility index (Phi) is 6.01. The Morgan fingerprint density at radius 3 is 2.68 bits per heavy atom. The van der Waals surface area contributed by atoms with Crippen molar-refractivity contribution in [1.82, 2.24) is 19.9 Å². The minimum absolute atomic E-state index is 0.0150. The van der Waals surface area contributed by atoms with Gasteiger partial charge in [-0.15, -0.1) is 0 Å². The summed E-state index contributed by atoms with van der Waals surface area (Å²) in [4.78, 5) is 20.5. The lowest BCUT2D eigenvalue weighted by Gasteiger charge is -2.50. The number of aromatic nitrogens is 2. The van der Waals surface area contributed by atoms with Crippen LogP contribution in [-0.4, -0.2) is 64.3 Å². The van der Waals surface area contributed by atoms with Crippen molar-refractivity contribution in [2.45, 2.75) is 37.8 Å². The van der Waals surface area contributed by atoms with Crippen LogP contribution in [0, 0.1) is 0 Å². The summed E-state index contributed by atoms with van der Waals surface area (Å²) in [7, 11) is 1.66. The molecule has 0 bridgehead atoms. The van der Waals surface area contributed by atoms with Gasteiger partial charge in [0.2, 0.25) is 5.91 Å². The van der Waals surface area contributed by atoms with Gasteiger partial charge < -0.3 is 24.3 Å². The summed E-state index contributed by atoms with van der Waals surface area (Å²) >= 11 is 0. The lowest BCUT2D eigenvalue weighted by molar-refractivity contribution is -0.135. The van der Waals surface area contributed by atoms with Gasteiger partial charge in [0.1, 0.15) is 5.75 Å². The number of fused-ring (bicyclic) bond motifs is 4. The quantitative estimate of drug-likeness (QED) is 0.425. The number of aliphatic hydroxyl groups excluding tert-OH is 1. The predicted octanol–water partition coefficient (Wildman–Crippen LogP) is 4.26. The van der Waals surface area contributed by atoms with Crippen molar-refractivity contribution in [3.8, 4) is 17.1 Å². The number of hydrogen-bond donors (Lipinski definition) is 2. The molecule has 2 aromatic carbocycles. The molecule has 8 nitrogen and oxygen atoms in total. The number of carbonyl (C=O) groups is 1. The minimum atomic E-state index is -0.374. The zero-order chi connectivity index (χ0) is 25.6. The minimum Gasteiger partial charge on any atom is -0.497 e. The van der Waals surface area contributed by atoms with Crippen LogP contribution >= 0.6 is 0 Å². The molecule has 2 aliphatic rings. The zero-order valence-corrected chi connectivity index (χ0v) is 21.2. The lowest BCUT2D eigenvalue weighted by Crippen LogP contribution is -2.54. The summed E-state index contributed by atoms with van der Waals surface area (Å²) < 4.78 is 11.1. The van der Waals surface area contributed by atoms with E-state index in [1.807, 2.05) is 53.4 Å². The normalized spacial score (nSPS) is 19.3. The highest BCUT2D eigenvalue weighted by Crippen LogP contribution is 2.49. The number of carbonyl (C=O) groups excluding carboxylic acids is 1. The van der Waals surface area contributed by atoms with Gasteiger partial charge in [-0.1, -0.05) is 35.5 Å². The van der Waals surface area contributed by atoms with Gasteiger partial charge in [-0.05, 0) is 43.6 Å². The molecule has 4 heterocycles. The molecule has 1 amide bonds. The van der Waals surface area contributed by atoms with E-state index in [2.05, 4.69) is 21.1 Å². The fourth-order valence-corrected chi connectivity index (χ4v) is 6.24. The Hall–Kier alpha value is -3.62. The molecule has 6 rings (SSSR count). The van der Waals surface area contributed by atoms with Crippen molar-refractivity contribution < 1.29 is 19.2 Å². The molecule has 2 aliphatic heterocycles. The first-order valence-electron chi connectivity index (χ1n) is 12.8. The smallest absolute Gasteiger partial charge is 0.220 e. The van der Waals surface area contributed by atoms with Gasteiger partial charge in [-0.25, -0.2) is 0 Å². The third-order valence-corrected chi connectivity index (χ3v) is 8.14. The van der Waals surface area contributed by atoms with Crippen LogP contribution in [0.2, 0.25) is 0 Å². The van der Waals surface area contributed by atoms with Gasteiger partial charge in [-0.3, -0.25) is 9.69 Å². The molecule has 2 N–H and O–H groups in total. The van der Waals surface area contributed by atoms with Gasteiger partial charge in [0, 0.05) is 59.7 Å². The van der Waals surface area contributed by atoms with E-state index in [0.717, 1.165) is 71.8 Å². The summed E-state index contributed by atoms with van der Waals surface area (Å²) in [5.41, 5.74) is 4.93. The molecular formula is C29H32N4O4. The number of aliphatic hydroxyl groups is 1. The van der Waals surface area contributed by atoms with Crippen molar-refractivity contribution in [1.29, 1.82) is 0 Å². The van der Waals surface area contributed by atoms with Crippen molar-refractivity contribution >= 4 is 16.8 Å². The number of nitrogens with zero attached hydrogens (tertiary/aromatic N) is 3. The molecule has 1 atom stereocenters. The molecule has 1 saturated heterocycles. The molecule has 0 aliphatic carbocycles. The number of nitrogens with one attached hydrogen (secondary N) is 1. The highest BCUT2D eigenvalue weighted by molar-refractivity contribution is 5.88. The summed E-state index contributed by atoms with van der Waals surface area (Å²) in [6, 6.07) is 17.8. The summed E-state index contributed by atoms with van der Waals surface area (Å²) in [5.74, 6) is 1.54. The second kappa shape index (κ2) is 9.36. The first kappa shape index (κ1) is 23.8. The number of piperidine rings is 1. The van der Waals surface area contributed by atoms with Crippen molar-refractivity contribution in [2.24, 2.45) is 0 Å². The van der Waals surface area contributed by atoms with Gasteiger partial charge >= 0.3 is 0 Å². The third-order valence-electron chi connectivity index (χ3n) is 8.14. The van der Waals surface area contributed by atoms with Crippen molar-refractivity contribution in [3.05, 3.63) is 71.5 Å². The maximum atomic E-state index is 12.7. The highest BCUT2D eigenvalue weighted by Gasteiger charge is 2.48. The predicted molar refractivity (Wildman–Crippen MR) is 140 cm³/mol. The van der Waals surface area contributed by atoms with Gasteiger partial charge in [0.15, 0.2) is 5.76 Å². The average molecular weight is 501 g/mol. The molecule has 0 saturated carbocycles. The summed E-state index contributed by atoms with van der Waals surface area (Å²) in [6.45, 7) is 4.57.